The average molecular weight is 611 g/mol. The summed E-state index contributed by atoms with van der Waals surface area (Å²) in [7, 11) is -1.17. The molecule has 5 rings (SSSR count). The number of rotatable bonds is 12. The summed E-state index contributed by atoms with van der Waals surface area (Å²) in [6.07, 6.45) is -1.79. The minimum atomic E-state index is -2.80. The molecule has 3 atom stereocenters. The fourth-order valence-corrected chi connectivity index (χ4v) is 10.4. The lowest BCUT2D eigenvalue weighted by atomic mass is 10.0. The van der Waals surface area contributed by atoms with Crippen molar-refractivity contribution in [3.8, 4) is 5.75 Å². The Kier molecular flexibility index (Phi) is 10.5. The first-order valence-corrected chi connectivity index (χ1v) is 17.1. The highest BCUT2D eigenvalue weighted by atomic mass is 28.4. The van der Waals surface area contributed by atoms with Crippen LogP contribution >= 0.6 is 0 Å². The van der Waals surface area contributed by atoms with Gasteiger partial charge in [-0.05, 0) is 38.7 Å². The number of carbonyl (C=O) groups is 1. The molecule has 0 spiro atoms. The van der Waals surface area contributed by atoms with Crippen molar-refractivity contribution in [3.63, 3.8) is 0 Å². The highest BCUT2D eigenvalue weighted by Gasteiger charge is 2.51. The number of hydrogen-bond donors (Lipinski definition) is 0. The minimum absolute atomic E-state index is 0.187. The van der Waals surface area contributed by atoms with E-state index in [-0.39, 0.29) is 24.0 Å². The molecule has 0 aromatic heterocycles. The molecule has 0 N–H and O–H groups in total. The number of hydrogen-bond acceptors (Lipinski definition) is 6. The van der Waals surface area contributed by atoms with E-state index in [1.165, 1.54) is 10.4 Å². The van der Waals surface area contributed by atoms with Crippen LogP contribution in [0.25, 0.3) is 0 Å². The van der Waals surface area contributed by atoms with Gasteiger partial charge in [0, 0.05) is 6.42 Å². The van der Waals surface area contributed by atoms with Gasteiger partial charge in [0.25, 0.3) is 8.32 Å². The number of ether oxygens (including phenoxy) is 4. The van der Waals surface area contributed by atoms with Gasteiger partial charge < -0.3 is 23.4 Å². The van der Waals surface area contributed by atoms with E-state index in [2.05, 4.69) is 69.3 Å². The van der Waals surface area contributed by atoms with Gasteiger partial charge in [-0.25, -0.2) is 0 Å². The van der Waals surface area contributed by atoms with E-state index in [0.29, 0.717) is 13.0 Å². The summed E-state index contributed by atoms with van der Waals surface area (Å²) in [6, 6.07) is 38.5. The van der Waals surface area contributed by atoms with Crippen molar-refractivity contribution in [2.45, 2.75) is 63.9 Å². The maximum atomic E-state index is 13.6. The van der Waals surface area contributed by atoms with E-state index in [1.807, 2.05) is 66.7 Å². The Morgan fingerprint density at radius 3 is 1.80 bits per heavy atom. The molecule has 1 aliphatic heterocycles. The third kappa shape index (κ3) is 7.37. The number of benzene rings is 4. The van der Waals surface area contributed by atoms with Gasteiger partial charge in [-0.3, -0.25) is 4.79 Å². The average Bonchev–Trinajstić information content (AvgIpc) is 3.05. The van der Waals surface area contributed by atoms with E-state index < -0.39 is 26.8 Å². The second-order valence-electron chi connectivity index (χ2n) is 12.1. The monoisotopic (exact) mass is 610 g/mol. The maximum Gasteiger partial charge on any atom is 0.261 e. The van der Waals surface area contributed by atoms with Gasteiger partial charge in [0.05, 0.1) is 33.0 Å². The Bertz CT molecular complexity index is 1420. The normalized spacial score (nSPS) is 19.1. The summed E-state index contributed by atoms with van der Waals surface area (Å²) in [6.45, 7) is 7.58. The predicted octanol–water partition coefficient (Wildman–Crippen LogP) is 6.06. The van der Waals surface area contributed by atoms with Crippen LogP contribution in [0.5, 0.6) is 5.75 Å². The van der Waals surface area contributed by atoms with Crippen molar-refractivity contribution in [3.05, 3.63) is 126 Å². The van der Waals surface area contributed by atoms with Gasteiger partial charge in [0.15, 0.2) is 0 Å². The lowest BCUT2D eigenvalue weighted by Gasteiger charge is -2.44. The molecule has 0 saturated carbocycles. The lowest BCUT2D eigenvalue weighted by Crippen LogP contribution is -2.67. The maximum absolute atomic E-state index is 13.6. The summed E-state index contributed by atoms with van der Waals surface area (Å²) in [5.41, 5.74) is 1.91. The number of Topliss-reactive ketones (excluding diaryl/α,β-unsaturated/α-hetero) is 1. The summed E-state index contributed by atoms with van der Waals surface area (Å²) in [5, 5.41) is 2.19. The quantitative estimate of drug-likeness (QED) is 0.182. The molecular weight excluding hydrogens is 568 g/mol. The second-order valence-corrected chi connectivity index (χ2v) is 16.5. The van der Waals surface area contributed by atoms with E-state index in [9.17, 15) is 4.79 Å². The number of carbonyl (C=O) groups excluding carboxylic acids is 1. The van der Waals surface area contributed by atoms with E-state index in [0.717, 1.165) is 16.9 Å². The third-order valence-corrected chi connectivity index (χ3v) is 13.1. The summed E-state index contributed by atoms with van der Waals surface area (Å²) in [5.74, 6) is 0.557. The van der Waals surface area contributed by atoms with Gasteiger partial charge >= 0.3 is 0 Å². The van der Waals surface area contributed by atoms with Crippen molar-refractivity contribution in [1.82, 2.24) is 0 Å². The van der Waals surface area contributed by atoms with Crippen LogP contribution in [0.2, 0.25) is 5.04 Å². The lowest BCUT2D eigenvalue weighted by molar-refractivity contribution is -0.221. The van der Waals surface area contributed by atoms with E-state index in [4.69, 9.17) is 23.4 Å². The topological polar surface area (TPSA) is 63.2 Å². The zero-order valence-corrected chi connectivity index (χ0v) is 27.0. The molecule has 1 fully saturated rings. The molecule has 1 aliphatic rings. The first-order chi connectivity index (χ1) is 21.3. The summed E-state index contributed by atoms with van der Waals surface area (Å²) in [4.78, 5) is 13.6. The SMILES string of the molecule is COc1ccc(CO[C@H]2C[C@@H](CO[Si](c3ccccc3)(c3ccccc3)C(C)(C)C)O[C@H](OCc3ccccc3)C2=O)cc1. The molecule has 4 aromatic carbocycles. The van der Waals surface area contributed by atoms with Crippen LogP contribution in [-0.2, 0) is 36.6 Å². The molecule has 0 bridgehead atoms. The highest BCUT2D eigenvalue weighted by Crippen LogP contribution is 2.37. The van der Waals surface area contributed by atoms with Gasteiger partial charge in [-0.1, -0.05) is 124 Å². The fourth-order valence-electron chi connectivity index (χ4n) is 5.83. The molecule has 230 valence electrons. The van der Waals surface area contributed by atoms with Gasteiger partial charge in [0.2, 0.25) is 12.1 Å². The Morgan fingerprint density at radius 2 is 1.25 bits per heavy atom. The van der Waals surface area contributed by atoms with Gasteiger partial charge in [-0.15, -0.1) is 0 Å². The van der Waals surface area contributed by atoms with Gasteiger partial charge in [-0.2, -0.15) is 0 Å². The fraction of sp³-hybridized carbons (Fsp3) is 0.324. The second kappa shape index (κ2) is 14.5. The van der Waals surface area contributed by atoms with Crippen molar-refractivity contribution in [1.29, 1.82) is 0 Å². The molecule has 44 heavy (non-hydrogen) atoms. The molecule has 7 heteroatoms. The smallest absolute Gasteiger partial charge is 0.261 e. The first-order valence-electron chi connectivity index (χ1n) is 15.1. The molecule has 4 aromatic rings. The zero-order chi connectivity index (χ0) is 31.0. The van der Waals surface area contributed by atoms with Gasteiger partial charge in [0.1, 0.15) is 11.9 Å². The molecule has 0 aliphatic carbocycles. The summed E-state index contributed by atoms with van der Waals surface area (Å²) < 4.78 is 31.1. The van der Waals surface area contributed by atoms with Crippen LogP contribution < -0.4 is 15.1 Å². The van der Waals surface area contributed by atoms with E-state index in [1.54, 1.807) is 7.11 Å². The molecule has 0 radical (unpaired) electrons. The van der Waals surface area contributed by atoms with Crippen LogP contribution in [0.3, 0.4) is 0 Å². The molecule has 0 unspecified atom stereocenters. The van der Waals surface area contributed by atoms with Crippen LogP contribution in [0.1, 0.15) is 38.3 Å². The number of ketones is 1. The van der Waals surface area contributed by atoms with Crippen LogP contribution in [0.15, 0.2) is 115 Å². The predicted molar refractivity (Wildman–Crippen MR) is 175 cm³/mol. The molecule has 1 heterocycles. The zero-order valence-electron chi connectivity index (χ0n) is 26.0. The largest absolute Gasteiger partial charge is 0.497 e. The van der Waals surface area contributed by atoms with Crippen LogP contribution in [0, 0.1) is 0 Å². The third-order valence-electron chi connectivity index (χ3n) is 8.10. The standard InChI is InChI=1S/C37H42O6Si/c1-37(2,3)44(32-16-10-6-11-17-32,33-18-12-7-13-19-33)42-27-31-24-34(40-25-29-20-22-30(39-4)23-21-29)35(38)36(43-31)41-26-28-14-8-5-9-15-28/h5-23,31,34,36H,24-27H2,1-4H3/t31-,34-,36-/m0/s1. The molecule has 0 amide bonds. The van der Waals surface area contributed by atoms with Crippen molar-refractivity contribution >= 4 is 24.5 Å². The van der Waals surface area contributed by atoms with Crippen molar-refractivity contribution in [2.75, 3.05) is 13.7 Å². The minimum Gasteiger partial charge on any atom is -0.497 e. The van der Waals surface area contributed by atoms with Crippen LogP contribution in [0.4, 0.5) is 0 Å². The molecule has 1 saturated heterocycles. The molecular formula is C37H42O6Si. The van der Waals surface area contributed by atoms with Crippen LogP contribution in [-0.4, -0.2) is 46.3 Å². The first kappa shape index (κ1) is 31.8. The Hall–Kier alpha value is -3.59. The van der Waals surface area contributed by atoms with Crippen molar-refractivity contribution < 1.29 is 28.2 Å². The summed E-state index contributed by atoms with van der Waals surface area (Å²) >= 11 is 0. The Labute approximate surface area is 262 Å². The highest BCUT2D eigenvalue weighted by molar-refractivity contribution is 6.99. The van der Waals surface area contributed by atoms with E-state index >= 15 is 0 Å². The Morgan fingerprint density at radius 1 is 0.727 bits per heavy atom. The number of methoxy groups -OCH3 is 1. The Balaban J connectivity index is 1.39. The van der Waals surface area contributed by atoms with Crippen molar-refractivity contribution in [2.24, 2.45) is 0 Å². The molecule has 6 nitrogen and oxygen atoms in total.